The zero-order valence-electron chi connectivity index (χ0n) is 10.8. The number of methoxy groups -OCH3 is 1. The molecule has 0 spiro atoms. The van der Waals surface area contributed by atoms with E-state index in [1.807, 2.05) is 0 Å². The molecule has 0 aromatic carbocycles. The van der Waals surface area contributed by atoms with E-state index in [9.17, 15) is 14.7 Å². The second-order valence-electron chi connectivity index (χ2n) is 4.56. The van der Waals surface area contributed by atoms with Gasteiger partial charge in [0.1, 0.15) is 6.10 Å². The first-order valence-corrected chi connectivity index (χ1v) is 6.11. The number of cyclic esters (lactones) is 1. The maximum atomic E-state index is 11.6. The molecule has 0 bridgehead atoms. The maximum absolute atomic E-state index is 11.6. The molecule has 1 heterocycles. The maximum Gasteiger partial charge on any atom is 0.308 e. The van der Waals surface area contributed by atoms with Gasteiger partial charge < -0.3 is 14.6 Å². The van der Waals surface area contributed by atoms with Crippen molar-refractivity contribution < 1.29 is 24.2 Å². The van der Waals surface area contributed by atoms with Gasteiger partial charge in [-0.2, -0.15) is 0 Å². The molecule has 0 aromatic heterocycles. The second kappa shape index (κ2) is 7.28. The number of ketones is 1. The summed E-state index contributed by atoms with van der Waals surface area (Å²) in [7, 11) is 1.49. The molecule has 0 saturated heterocycles. The number of aliphatic hydroxyl groups is 1. The Morgan fingerprint density at radius 2 is 2.11 bits per heavy atom. The summed E-state index contributed by atoms with van der Waals surface area (Å²) >= 11 is 0. The summed E-state index contributed by atoms with van der Waals surface area (Å²) in [5.74, 6) is -0.474. The van der Waals surface area contributed by atoms with Crippen LogP contribution in [0.15, 0.2) is 12.2 Å². The Kier molecular flexibility index (Phi) is 6.01. The first-order valence-electron chi connectivity index (χ1n) is 6.11. The highest BCUT2D eigenvalue weighted by Gasteiger charge is 2.21. The Hall–Kier alpha value is -1.20. The molecule has 0 amide bonds. The van der Waals surface area contributed by atoms with E-state index in [0.29, 0.717) is 6.42 Å². The van der Waals surface area contributed by atoms with Crippen LogP contribution in [0.1, 0.15) is 32.6 Å². The zero-order chi connectivity index (χ0) is 13.5. The second-order valence-corrected chi connectivity index (χ2v) is 4.56. The number of aliphatic hydroxyl groups excluding tert-OH is 1. The summed E-state index contributed by atoms with van der Waals surface area (Å²) in [4.78, 5) is 23.1. The van der Waals surface area contributed by atoms with Crippen molar-refractivity contribution in [1.29, 1.82) is 0 Å². The standard InChI is InChI=1S/C13H20O5/c1-9-4-3-5-10(14)6-12(17-2)7-11(15)8-13(16)18-9/h3,5,9,11-12,15H,4,6-8H2,1-2H3. The molecule has 0 aliphatic carbocycles. The lowest BCUT2D eigenvalue weighted by Crippen LogP contribution is -2.26. The van der Waals surface area contributed by atoms with E-state index in [-0.39, 0.29) is 37.3 Å². The van der Waals surface area contributed by atoms with Gasteiger partial charge >= 0.3 is 5.97 Å². The van der Waals surface area contributed by atoms with Gasteiger partial charge in [0, 0.05) is 26.4 Å². The van der Waals surface area contributed by atoms with E-state index in [0.717, 1.165) is 0 Å². The van der Waals surface area contributed by atoms with Crippen molar-refractivity contribution in [3.8, 4) is 0 Å². The summed E-state index contributed by atoms with van der Waals surface area (Å²) in [6, 6.07) is 0. The van der Waals surface area contributed by atoms with Crippen LogP contribution < -0.4 is 0 Å². The normalized spacial score (nSPS) is 31.4. The van der Waals surface area contributed by atoms with Gasteiger partial charge in [0.25, 0.3) is 0 Å². The minimum Gasteiger partial charge on any atom is -0.462 e. The Morgan fingerprint density at radius 1 is 1.39 bits per heavy atom. The van der Waals surface area contributed by atoms with Crippen molar-refractivity contribution >= 4 is 11.8 Å². The van der Waals surface area contributed by atoms with Crippen molar-refractivity contribution in [2.24, 2.45) is 0 Å². The number of rotatable bonds is 1. The highest BCUT2D eigenvalue weighted by molar-refractivity contribution is 5.89. The summed E-state index contributed by atoms with van der Waals surface area (Å²) in [5, 5.41) is 9.73. The van der Waals surface area contributed by atoms with Crippen molar-refractivity contribution in [3.05, 3.63) is 12.2 Å². The number of esters is 1. The molecule has 1 rings (SSSR count). The van der Waals surface area contributed by atoms with Crippen molar-refractivity contribution in [1.82, 2.24) is 0 Å². The van der Waals surface area contributed by atoms with Gasteiger partial charge in [0.05, 0.1) is 18.6 Å². The fourth-order valence-electron chi connectivity index (χ4n) is 1.85. The van der Waals surface area contributed by atoms with Gasteiger partial charge in [0.2, 0.25) is 0 Å². The van der Waals surface area contributed by atoms with Crippen molar-refractivity contribution in [2.45, 2.75) is 50.9 Å². The molecular weight excluding hydrogens is 236 g/mol. The Bertz CT molecular complexity index is 323. The molecule has 0 fully saturated rings. The lowest BCUT2D eigenvalue weighted by atomic mass is 10.0. The lowest BCUT2D eigenvalue weighted by molar-refractivity contribution is -0.150. The monoisotopic (exact) mass is 256 g/mol. The Labute approximate surface area is 107 Å². The smallest absolute Gasteiger partial charge is 0.308 e. The predicted octanol–water partition coefficient (Wildman–Crippen LogP) is 0.993. The Morgan fingerprint density at radius 3 is 2.78 bits per heavy atom. The molecule has 3 atom stereocenters. The first kappa shape index (κ1) is 14.9. The minimum atomic E-state index is -0.842. The van der Waals surface area contributed by atoms with Gasteiger partial charge in [-0.05, 0) is 13.0 Å². The molecule has 102 valence electrons. The van der Waals surface area contributed by atoms with Crippen LogP contribution >= 0.6 is 0 Å². The third-order valence-corrected chi connectivity index (χ3v) is 2.80. The largest absolute Gasteiger partial charge is 0.462 e. The topological polar surface area (TPSA) is 72.8 Å². The average molecular weight is 256 g/mol. The number of allylic oxidation sites excluding steroid dienone is 1. The molecule has 1 aliphatic rings. The van der Waals surface area contributed by atoms with Crippen molar-refractivity contribution in [2.75, 3.05) is 7.11 Å². The van der Waals surface area contributed by atoms with Crippen LogP contribution in [0.5, 0.6) is 0 Å². The van der Waals surface area contributed by atoms with Crippen LogP contribution in [-0.4, -0.2) is 42.3 Å². The fourth-order valence-corrected chi connectivity index (χ4v) is 1.85. The molecule has 5 heteroatoms. The van der Waals surface area contributed by atoms with Crippen LogP contribution in [0.3, 0.4) is 0 Å². The first-order chi connectivity index (χ1) is 8.51. The van der Waals surface area contributed by atoms with Gasteiger partial charge in [-0.25, -0.2) is 0 Å². The van der Waals surface area contributed by atoms with Crippen LogP contribution in [-0.2, 0) is 19.1 Å². The number of carbonyl (C=O) groups excluding carboxylic acids is 2. The summed E-state index contributed by atoms with van der Waals surface area (Å²) in [6.45, 7) is 1.75. The third kappa shape index (κ3) is 5.42. The van der Waals surface area contributed by atoms with Gasteiger partial charge in [-0.1, -0.05) is 6.08 Å². The lowest BCUT2D eigenvalue weighted by Gasteiger charge is -2.19. The molecule has 0 aromatic rings. The molecule has 0 saturated carbocycles. The fraction of sp³-hybridized carbons (Fsp3) is 0.692. The summed E-state index contributed by atoms with van der Waals surface area (Å²) < 4.78 is 10.2. The van der Waals surface area contributed by atoms with E-state index in [1.54, 1.807) is 13.0 Å². The minimum absolute atomic E-state index is 0.0480. The Balaban J connectivity index is 2.72. The average Bonchev–Trinajstić information content (AvgIpc) is 2.26. The number of carbonyl (C=O) groups is 2. The summed E-state index contributed by atoms with van der Waals surface area (Å²) in [6.07, 6.45) is 2.56. The zero-order valence-corrected chi connectivity index (χ0v) is 10.8. The summed E-state index contributed by atoms with van der Waals surface area (Å²) in [5.41, 5.74) is 0. The molecule has 1 aliphatic heterocycles. The molecule has 5 nitrogen and oxygen atoms in total. The van der Waals surface area contributed by atoms with E-state index in [4.69, 9.17) is 9.47 Å². The number of hydrogen-bond donors (Lipinski definition) is 1. The highest BCUT2D eigenvalue weighted by atomic mass is 16.5. The van der Waals surface area contributed by atoms with E-state index < -0.39 is 12.1 Å². The van der Waals surface area contributed by atoms with Gasteiger partial charge in [0.15, 0.2) is 5.78 Å². The van der Waals surface area contributed by atoms with Gasteiger partial charge in [-0.15, -0.1) is 0 Å². The predicted molar refractivity (Wildman–Crippen MR) is 65.0 cm³/mol. The SMILES string of the molecule is COC1CC(=O)C=CCC(C)OC(=O)CC(O)C1. The number of hydrogen-bond acceptors (Lipinski definition) is 5. The van der Waals surface area contributed by atoms with Crippen LogP contribution in [0.4, 0.5) is 0 Å². The van der Waals surface area contributed by atoms with E-state index in [1.165, 1.54) is 13.2 Å². The number of ether oxygens (including phenoxy) is 2. The van der Waals surface area contributed by atoms with Crippen LogP contribution in [0.2, 0.25) is 0 Å². The van der Waals surface area contributed by atoms with E-state index in [2.05, 4.69) is 0 Å². The molecule has 0 radical (unpaired) electrons. The van der Waals surface area contributed by atoms with E-state index >= 15 is 0 Å². The molecule has 3 unspecified atom stereocenters. The molecule has 18 heavy (non-hydrogen) atoms. The van der Waals surface area contributed by atoms with Gasteiger partial charge in [-0.3, -0.25) is 9.59 Å². The molecular formula is C13H20O5. The third-order valence-electron chi connectivity index (χ3n) is 2.80. The van der Waals surface area contributed by atoms with Crippen molar-refractivity contribution in [3.63, 3.8) is 0 Å². The quantitative estimate of drug-likeness (QED) is 0.708. The molecule has 1 N–H and O–H groups in total. The highest BCUT2D eigenvalue weighted by Crippen LogP contribution is 2.13. The van der Waals surface area contributed by atoms with Crippen LogP contribution in [0.25, 0.3) is 0 Å². The van der Waals surface area contributed by atoms with Crippen LogP contribution in [0, 0.1) is 0 Å².